The first kappa shape index (κ1) is 46.2. The first-order valence-corrected chi connectivity index (χ1v) is 21.4. The molecule has 0 unspecified atom stereocenters. The number of likely N-dealkylation sites (N-methyl/N-ethyl adjacent to an activating group) is 1. The smallest absolute Gasteiger partial charge is 0.255 e. The van der Waals surface area contributed by atoms with Crippen molar-refractivity contribution in [1.29, 1.82) is 0 Å². The highest BCUT2D eigenvalue weighted by molar-refractivity contribution is 8.68. The Labute approximate surface area is 340 Å². The molecule has 4 atom stereocenters. The zero-order valence-corrected chi connectivity index (χ0v) is 35.7. The number of fused-ring (bicyclic) bond motifs is 3. The molecule has 0 saturated heterocycles. The first-order valence-electron chi connectivity index (χ1n) is 16.8. The van der Waals surface area contributed by atoms with E-state index in [9.17, 15) is 39.6 Å². The minimum atomic E-state index is -2.63. The Morgan fingerprint density at radius 3 is 2.13 bits per heavy atom. The summed E-state index contributed by atoms with van der Waals surface area (Å²) in [4.78, 5) is 56.2. The minimum absolute atomic E-state index is 0. The molecule has 6 N–H and O–H groups in total. The van der Waals surface area contributed by atoms with Crippen molar-refractivity contribution in [2.45, 2.75) is 44.4 Å². The van der Waals surface area contributed by atoms with E-state index >= 15 is 0 Å². The molecule has 19 heteroatoms. The molecule has 0 heterocycles. The second-order valence-corrected chi connectivity index (χ2v) is 20.7. The van der Waals surface area contributed by atoms with Crippen LogP contribution in [0, 0.1) is 11.8 Å². The zero-order valence-electron chi connectivity index (χ0n) is 31.6. The van der Waals surface area contributed by atoms with Gasteiger partial charge in [0.2, 0.25) is 17.4 Å². The summed E-state index contributed by atoms with van der Waals surface area (Å²) in [6.07, 6.45) is 0.324. The molecule has 14 nitrogen and oxygen atoms in total. The number of ketones is 2. The lowest BCUT2D eigenvalue weighted by atomic mass is 9.57. The Balaban J connectivity index is 0.000000321. The van der Waals surface area contributed by atoms with E-state index in [0.29, 0.717) is 10.6 Å². The fourth-order valence-corrected chi connectivity index (χ4v) is 10.2. The quantitative estimate of drug-likeness (QED) is 0.161. The molecule has 0 spiro atoms. The molecule has 55 heavy (non-hydrogen) atoms. The number of rotatable bonds is 10. The number of amides is 2. The monoisotopic (exact) mass is 860 g/mol. The standard InChI is InChI=1S/C23H27N3O7.C13H19ClNO3PS2.ClH/c1-25(2)12-5-6-13(27)15-10(12)7-9-8-11-17(26(3)4)19(29)16(22(24)32)21(31)23(11,33)20(30)14(9)18(15)28;1-10(2)15(12-7-5-11(14)6-8-12)13(16)9-21-19(20,17-3)18-4;/h5-6,9,11,17,27-28,31,33H,7-8H2,1-4H3,(H2,24,32);5-8,10H,9H2,1-4H3;1H/t9-,11-,17-,23-;;/m0../s1. The van der Waals surface area contributed by atoms with Gasteiger partial charge in [-0.2, -0.15) is 0 Å². The van der Waals surface area contributed by atoms with Crippen LogP contribution in [0.25, 0.3) is 5.76 Å². The highest BCUT2D eigenvalue weighted by Crippen LogP contribution is 2.59. The number of primary amides is 1. The van der Waals surface area contributed by atoms with Gasteiger partial charge in [0.15, 0.2) is 11.4 Å². The second kappa shape index (κ2) is 18.0. The summed E-state index contributed by atoms with van der Waals surface area (Å²) in [5, 5.41) is 44.5. The summed E-state index contributed by atoms with van der Waals surface area (Å²) in [6, 6.07) is 9.22. The van der Waals surface area contributed by atoms with Crippen molar-refractivity contribution < 1.29 is 48.7 Å². The number of aliphatic hydroxyl groups excluding tert-OH is 2. The normalized spacial score (nSPS) is 21.9. The molecule has 2 amide bonds. The molecule has 0 aliphatic heterocycles. The van der Waals surface area contributed by atoms with Crippen LogP contribution in [0.3, 0.4) is 0 Å². The van der Waals surface area contributed by atoms with Gasteiger partial charge in [0, 0.05) is 62.2 Å². The van der Waals surface area contributed by atoms with Gasteiger partial charge >= 0.3 is 0 Å². The molecular weight excluding hydrogens is 814 g/mol. The van der Waals surface area contributed by atoms with E-state index in [1.165, 1.54) is 36.6 Å². The summed E-state index contributed by atoms with van der Waals surface area (Å²) in [5.74, 6) is -6.37. The van der Waals surface area contributed by atoms with Gasteiger partial charge in [-0.05, 0) is 100 Å². The van der Waals surface area contributed by atoms with E-state index in [2.05, 4.69) is 0 Å². The van der Waals surface area contributed by atoms with Gasteiger partial charge in [-0.1, -0.05) is 23.0 Å². The van der Waals surface area contributed by atoms with Crippen LogP contribution in [0.15, 0.2) is 53.3 Å². The Kier molecular flexibility index (Phi) is 15.1. The van der Waals surface area contributed by atoms with Crippen molar-refractivity contribution in [3.63, 3.8) is 0 Å². The van der Waals surface area contributed by atoms with Crippen molar-refractivity contribution >= 4 is 93.4 Å². The minimum Gasteiger partial charge on any atom is -0.508 e. The number of benzene rings is 2. The highest BCUT2D eigenvalue weighted by atomic mass is 35.5. The predicted molar refractivity (Wildman–Crippen MR) is 221 cm³/mol. The zero-order chi connectivity index (χ0) is 40.6. The van der Waals surface area contributed by atoms with Gasteiger partial charge in [0.1, 0.15) is 22.8 Å². The predicted octanol–water partition coefficient (Wildman–Crippen LogP) is 4.78. The van der Waals surface area contributed by atoms with Crippen molar-refractivity contribution in [2.75, 3.05) is 58.0 Å². The van der Waals surface area contributed by atoms with Crippen LogP contribution >= 0.6 is 41.1 Å². The van der Waals surface area contributed by atoms with Crippen molar-refractivity contribution in [1.82, 2.24) is 4.90 Å². The second-order valence-electron chi connectivity index (χ2n) is 13.7. The van der Waals surface area contributed by atoms with Crippen LogP contribution in [0.5, 0.6) is 5.75 Å². The van der Waals surface area contributed by atoms with E-state index in [4.69, 9.17) is 38.2 Å². The molecule has 0 bridgehead atoms. The molecular formula is C36H47Cl2N4O10PS2. The van der Waals surface area contributed by atoms with Crippen LogP contribution in [0.2, 0.25) is 5.02 Å². The Hall–Kier alpha value is -3.18. The van der Waals surface area contributed by atoms with E-state index < -0.39 is 63.7 Å². The van der Waals surface area contributed by atoms with Gasteiger partial charge in [0.25, 0.3) is 5.91 Å². The van der Waals surface area contributed by atoms with Crippen molar-refractivity contribution in [3.05, 3.63) is 69.5 Å². The molecule has 302 valence electrons. The Bertz CT molecular complexity index is 1950. The van der Waals surface area contributed by atoms with Crippen molar-refractivity contribution in [2.24, 2.45) is 17.6 Å². The Morgan fingerprint density at radius 1 is 1.05 bits per heavy atom. The fraction of sp³-hybridized carbons (Fsp3) is 0.444. The molecule has 2 aromatic rings. The number of phenolic OH excluding ortho intramolecular Hbond substituents is 1. The Morgan fingerprint density at radius 2 is 1.64 bits per heavy atom. The maximum Gasteiger partial charge on any atom is 0.255 e. The van der Waals surface area contributed by atoms with E-state index in [1.54, 1.807) is 37.2 Å². The summed E-state index contributed by atoms with van der Waals surface area (Å²) in [6.45, 7) is 3.92. The maximum absolute atomic E-state index is 13.7. The summed E-state index contributed by atoms with van der Waals surface area (Å²) in [7, 11) is 9.75. The SMILES string of the molecule is CN(C)c1ccc(O)c2c1C[C@H]1C[C@H]3[C@H](N(C)C)C(=O)C(C(N)=O)=C(O)[C@@]3(O)C(=O)C1=C2O.COP(=S)(OC)SCC(=O)N(c1ccc(Cl)cc1)C(C)C.Cl. The van der Waals surface area contributed by atoms with E-state index in [-0.39, 0.29) is 59.8 Å². The summed E-state index contributed by atoms with van der Waals surface area (Å²) >= 11 is 12.4. The average molecular weight is 862 g/mol. The number of phenols is 1. The number of nitrogens with zero attached hydrogens (tertiary/aromatic N) is 3. The number of anilines is 2. The number of halogens is 2. The number of nitrogens with two attached hydrogens (primary N) is 1. The van der Waals surface area contributed by atoms with Gasteiger partial charge in [-0.25, -0.2) is 0 Å². The lowest BCUT2D eigenvalue weighted by Crippen LogP contribution is -2.65. The van der Waals surface area contributed by atoms with Crippen LogP contribution < -0.4 is 15.5 Å². The molecule has 1 fully saturated rings. The molecule has 3 aliphatic rings. The first-order chi connectivity index (χ1) is 25.2. The average Bonchev–Trinajstić information content (AvgIpc) is 3.09. The molecule has 1 saturated carbocycles. The number of Topliss-reactive ketones (excluding diaryl/α,β-unsaturated/α-hetero) is 2. The van der Waals surface area contributed by atoms with Crippen LogP contribution in [0.1, 0.15) is 31.4 Å². The number of hydrogen-bond acceptors (Lipinski definition) is 14. The lowest BCUT2D eigenvalue weighted by Gasteiger charge is -2.50. The van der Waals surface area contributed by atoms with E-state index in [0.717, 1.165) is 11.4 Å². The van der Waals surface area contributed by atoms with Crippen LogP contribution in [0.4, 0.5) is 11.4 Å². The summed E-state index contributed by atoms with van der Waals surface area (Å²) < 4.78 is 10.4. The van der Waals surface area contributed by atoms with Crippen LogP contribution in [-0.4, -0.2) is 115 Å². The van der Waals surface area contributed by atoms with E-state index in [1.807, 2.05) is 45.0 Å². The molecule has 0 radical (unpaired) electrons. The van der Waals surface area contributed by atoms with Gasteiger partial charge in [0.05, 0.1) is 17.4 Å². The lowest BCUT2D eigenvalue weighted by molar-refractivity contribution is -0.153. The number of aliphatic hydroxyl groups is 3. The largest absolute Gasteiger partial charge is 0.508 e. The summed E-state index contributed by atoms with van der Waals surface area (Å²) in [5.41, 5.74) is 1.53. The number of carbonyl (C=O) groups is 4. The fourth-order valence-electron chi connectivity index (χ4n) is 7.36. The third-order valence-corrected chi connectivity index (χ3v) is 15.7. The number of aromatic hydroxyl groups is 1. The van der Waals surface area contributed by atoms with Gasteiger partial charge < -0.3 is 45.0 Å². The van der Waals surface area contributed by atoms with Crippen molar-refractivity contribution in [3.8, 4) is 5.75 Å². The third kappa shape index (κ3) is 8.73. The topological polar surface area (TPSA) is 203 Å². The molecule has 5 rings (SSSR count). The maximum atomic E-state index is 13.7. The third-order valence-electron chi connectivity index (χ3n) is 9.74. The van der Waals surface area contributed by atoms with Crippen LogP contribution in [-0.2, 0) is 46.5 Å². The number of carbonyl (C=O) groups excluding carboxylic acids is 4. The number of hydrogen-bond donors (Lipinski definition) is 5. The molecule has 3 aliphatic carbocycles. The molecule has 0 aromatic heterocycles. The van der Waals surface area contributed by atoms with Gasteiger partial charge in [-0.3, -0.25) is 24.1 Å². The molecule has 2 aromatic carbocycles. The van der Waals surface area contributed by atoms with Gasteiger partial charge in [-0.15, -0.1) is 12.4 Å². The highest BCUT2D eigenvalue weighted by Gasteiger charge is 2.64.